The van der Waals surface area contributed by atoms with Crippen LogP contribution < -0.4 is 0 Å². The number of hydrogen-bond acceptors (Lipinski definition) is 1. The molecule has 1 heteroatoms. The monoisotopic (exact) mass is 154 g/mol. The van der Waals surface area contributed by atoms with Crippen LogP contribution in [0.2, 0.25) is 0 Å². The van der Waals surface area contributed by atoms with Crippen LogP contribution in [0.3, 0.4) is 0 Å². The standard InChI is InChI=1S/C10H18O/c1-6-7(2)9(4)10(5,11)8(6)3/h6,8,11H,1-5H3/t6-,8+,10?/m0/s1. The summed E-state index contributed by atoms with van der Waals surface area (Å²) in [7, 11) is 0. The summed E-state index contributed by atoms with van der Waals surface area (Å²) in [6, 6.07) is 0. The smallest absolute Gasteiger partial charge is 0.0859 e. The second-order valence-corrected chi connectivity index (χ2v) is 4.03. The molecule has 3 atom stereocenters. The van der Waals surface area contributed by atoms with E-state index in [2.05, 4.69) is 20.8 Å². The average molecular weight is 154 g/mol. The molecular weight excluding hydrogens is 136 g/mol. The van der Waals surface area contributed by atoms with Crippen molar-refractivity contribution in [2.24, 2.45) is 11.8 Å². The Kier molecular flexibility index (Phi) is 1.87. The third-order valence-electron chi connectivity index (χ3n) is 3.67. The van der Waals surface area contributed by atoms with Gasteiger partial charge in [-0.1, -0.05) is 19.4 Å². The molecule has 0 fully saturated rings. The molecule has 1 aliphatic carbocycles. The zero-order chi connectivity index (χ0) is 8.81. The van der Waals surface area contributed by atoms with Crippen LogP contribution in [0.1, 0.15) is 34.6 Å². The average Bonchev–Trinajstić information content (AvgIpc) is 2.06. The molecule has 64 valence electrons. The molecule has 0 saturated heterocycles. The van der Waals surface area contributed by atoms with Crippen molar-refractivity contribution in [2.45, 2.75) is 40.2 Å². The summed E-state index contributed by atoms with van der Waals surface area (Å²) >= 11 is 0. The fraction of sp³-hybridized carbons (Fsp3) is 0.800. The Labute approximate surface area is 69.1 Å². The Balaban J connectivity index is 3.06. The number of aliphatic hydroxyl groups is 1. The Morgan fingerprint density at radius 1 is 1.27 bits per heavy atom. The van der Waals surface area contributed by atoms with Crippen LogP contribution in [-0.2, 0) is 0 Å². The van der Waals surface area contributed by atoms with Crippen molar-refractivity contribution in [3.05, 3.63) is 11.1 Å². The van der Waals surface area contributed by atoms with Gasteiger partial charge in [0.15, 0.2) is 0 Å². The Morgan fingerprint density at radius 3 is 1.82 bits per heavy atom. The fourth-order valence-corrected chi connectivity index (χ4v) is 1.94. The molecule has 0 aromatic carbocycles. The molecule has 0 aromatic heterocycles. The second-order valence-electron chi connectivity index (χ2n) is 4.03. The summed E-state index contributed by atoms with van der Waals surface area (Å²) in [5, 5.41) is 10.0. The van der Waals surface area contributed by atoms with Crippen molar-refractivity contribution in [1.29, 1.82) is 0 Å². The number of hydrogen-bond donors (Lipinski definition) is 1. The van der Waals surface area contributed by atoms with Crippen molar-refractivity contribution in [2.75, 3.05) is 0 Å². The lowest BCUT2D eigenvalue weighted by Gasteiger charge is -2.26. The van der Waals surface area contributed by atoms with Crippen LogP contribution in [0.5, 0.6) is 0 Å². The predicted molar refractivity (Wildman–Crippen MR) is 47.3 cm³/mol. The van der Waals surface area contributed by atoms with Gasteiger partial charge in [0.2, 0.25) is 0 Å². The molecule has 1 unspecified atom stereocenters. The molecule has 0 aliphatic heterocycles. The van der Waals surface area contributed by atoms with Gasteiger partial charge >= 0.3 is 0 Å². The molecule has 0 amide bonds. The topological polar surface area (TPSA) is 20.2 Å². The van der Waals surface area contributed by atoms with E-state index < -0.39 is 5.60 Å². The van der Waals surface area contributed by atoms with E-state index >= 15 is 0 Å². The zero-order valence-corrected chi connectivity index (χ0v) is 8.10. The van der Waals surface area contributed by atoms with Crippen molar-refractivity contribution in [3.8, 4) is 0 Å². The minimum absolute atomic E-state index is 0.363. The summed E-state index contributed by atoms with van der Waals surface area (Å²) in [5.74, 6) is 0.896. The molecule has 1 rings (SSSR count). The molecule has 0 bridgehead atoms. The second kappa shape index (κ2) is 2.34. The predicted octanol–water partition coefficient (Wildman–Crippen LogP) is 2.36. The first-order valence-corrected chi connectivity index (χ1v) is 4.29. The largest absolute Gasteiger partial charge is 0.386 e. The third kappa shape index (κ3) is 1.02. The zero-order valence-electron chi connectivity index (χ0n) is 8.10. The minimum Gasteiger partial charge on any atom is -0.386 e. The molecule has 0 saturated carbocycles. The maximum atomic E-state index is 10.0. The highest BCUT2D eigenvalue weighted by Crippen LogP contribution is 2.43. The molecule has 0 aromatic rings. The van der Waals surface area contributed by atoms with Gasteiger partial charge in [-0.05, 0) is 38.2 Å². The van der Waals surface area contributed by atoms with Crippen molar-refractivity contribution < 1.29 is 5.11 Å². The van der Waals surface area contributed by atoms with Gasteiger partial charge in [0.25, 0.3) is 0 Å². The van der Waals surface area contributed by atoms with Crippen molar-refractivity contribution >= 4 is 0 Å². The van der Waals surface area contributed by atoms with Gasteiger partial charge in [-0.15, -0.1) is 0 Å². The molecular formula is C10H18O. The van der Waals surface area contributed by atoms with E-state index in [4.69, 9.17) is 0 Å². The summed E-state index contributed by atoms with van der Waals surface area (Å²) in [6.45, 7) is 10.4. The number of allylic oxidation sites excluding steroid dienone is 1. The Morgan fingerprint density at radius 2 is 1.73 bits per heavy atom. The van der Waals surface area contributed by atoms with Gasteiger partial charge in [-0.2, -0.15) is 0 Å². The molecule has 1 N–H and O–H groups in total. The highest BCUT2D eigenvalue weighted by Gasteiger charge is 2.41. The highest BCUT2D eigenvalue weighted by atomic mass is 16.3. The Hall–Kier alpha value is -0.300. The van der Waals surface area contributed by atoms with Crippen LogP contribution in [0, 0.1) is 11.8 Å². The van der Waals surface area contributed by atoms with Crippen molar-refractivity contribution in [1.82, 2.24) is 0 Å². The normalized spacial score (nSPS) is 45.3. The van der Waals surface area contributed by atoms with E-state index in [1.54, 1.807) is 0 Å². The molecule has 0 spiro atoms. The van der Waals surface area contributed by atoms with E-state index in [-0.39, 0.29) is 0 Å². The number of rotatable bonds is 0. The molecule has 0 heterocycles. The van der Waals surface area contributed by atoms with Gasteiger partial charge < -0.3 is 5.11 Å². The summed E-state index contributed by atoms with van der Waals surface area (Å²) < 4.78 is 0. The van der Waals surface area contributed by atoms with E-state index in [0.29, 0.717) is 11.8 Å². The van der Waals surface area contributed by atoms with Gasteiger partial charge in [0.05, 0.1) is 5.60 Å². The minimum atomic E-state index is -0.566. The lowest BCUT2D eigenvalue weighted by Crippen LogP contribution is -2.31. The lowest BCUT2D eigenvalue weighted by molar-refractivity contribution is 0.0422. The molecule has 1 aliphatic rings. The van der Waals surface area contributed by atoms with Gasteiger partial charge in [0.1, 0.15) is 0 Å². The highest BCUT2D eigenvalue weighted by molar-refractivity contribution is 5.30. The van der Waals surface area contributed by atoms with E-state index in [0.717, 1.165) is 5.57 Å². The van der Waals surface area contributed by atoms with Gasteiger partial charge in [0, 0.05) is 0 Å². The lowest BCUT2D eigenvalue weighted by atomic mass is 9.86. The first-order valence-electron chi connectivity index (χ1n) is 4.29. The maximum absolute atomic E-state index is 10.0. The van der Waals surface area contributed by atoms with Crippen LogP contribution in [0.25, 0.3) is 0 Å². The summed E-state index contributed by atoms with van der Waals surface area (Å²) in [5.41, 5.74) is 1.96. The van der Waals surface area contributed by atoms with Crippen LogP contribution in [-0.4, -0.2) is 10.7 Å². The van der Waals surface area contributed by atoms with Gasteiger partial charge in [-0.3, -0.25) is 0 Å². The van der Waals surface area contributed by atoms with Crippen LogP contribution in [0.4, 0.5) is 0 Å². The summed E-state index contributed by atoms with van der Waals surface area (Å²) in [4.78, 5) is 0. The summed E-state index contributed by atoms with van der Waals surface area (Å²) in [6.07, 6.45) is 0. The molecule has 11 heavy (non-hydrogen) atoms. The molecule has 1 nitrogen and oxygen atoms in total. The van der Waals surface area contributed by atoms with Crippen LogP contribution >= 0.6 is 0 Å². The van der Waals surface area contributed by atoms with E-state index in [1.807, 2.05) is 13.8 Å². The van der Waals surface area contributed by atoms with Crippen LogP contribution in [0.15, 0.2) is 11.1 Å². The first-order chi connectivity index (χ1) is 4.89. The van der Waals surface area contributed by atoms with Crippen molar-refractivity contribution in [3.63, 3.8) is 0 Å². The maximum Gasteiger partial charge on any atom is 0.0859 e. The van der Waals surface area contributed by atoms with E-state index in [1.165, 1.54) is 5.57 Å². The first kappa shape index (κ1) is 8.79. The van der Waals surface area contributed by atoms with Gasteiger partial charge in [-0.25, -0.2) is 0 Å². The fourth-order valence-electron chi connectivity index (χ4n) is 1.94. The Bertz CT molecular complexity index is 201. The van der Waals surface area contributed by atoms with E-state index in [9.17, 15) is 5.11 Å². The SMILES string of the molecule is CC1=C(C)C(C)(O)[C@H](C)[C@H]1C. The quantitative estimate of drug-likeness (QED) is 0.531. The third-order valence-corrected chi connectivity index (χ3v) is 3.67. The molecule has 0 radical (unpaired) electrons.